The lowest BCUT2D eigenvalue weighted by Gasteiger charge is -2.24. The fourth-order valence-electron chi connectivity index (χ4n) is 1.99. The minimum atomic E-state index is 0.970. The van der Waals surface area contributed by atoms with E-state index < -0.39 is 0 Å². The van der Waals surface area contributed by atoms with E-state index >= 15 is 0 Å². The van der Waals surface area contributed by atoms with Crippen LogP contribution in [0.3, 0.4) is 0 Å². The molecule has 0 amide bonds. The minimum absolute atomic E-state index is 0.970. The summed E-state index contributed by atoms with van der Waals surface area (Å²) in [6.45, 7) is 2.04. The van der Waals surface area contributed by atoms with Gasteiger partial charge in [0.2, 0.25) is 0 Å². The summed E-state index contributed by atoms with van der Waals surface area (Å²) in [5.74, 6) is 0. The van der Waals surface area contributed by atoms with Gasteiger partial charge >= 0.3 is 0 Å². The lowest BCUT2D eigenvalue weighted by molar-refractivity contribution is 0.774. The average Bonchev–Trinajstić information content (AvgIpc) is 2.45. The molecule has 0 unspecified atom stereocenters. The van der Waals surface area contributed by atoms with Gasteiger partial charge < -0.3 is 4.90 Å². The van der Waals surface area contributed by atoms with Crippen LogP contribution in [0.25, 0.3) is 0 Å². The van der Waals surface area contributed by atoms with Crippen molar-refractivity contribution in [2.24, 2.45) is 0 Å². The van der Waals surface area contributed by atoms with Crippen LogP contribution in [0.5, 0.6) is 0 Å². The normalized spacial score (nSPS) is 10.3. The van der Waals surface area contributed by atoms with Gasteiger partial charge in [0.1, 0.15) is 0 Å². The lowest BCUT2D eigenvalue weighted by Crippen LogP contribution is -2.24. The molecule has 0 saturated carbocycles. The molecule has 2 aromatic carbocycles. The fraction of sp³-hybridized carbons (Fsp3) is 0.250. The molecule has 0 spiro atoms. The molecule has 0 saturated heterocycles. The van der Waals surface area contributed by atoms with Gasteiger partial charge in [-0.2, -0.15) is 0 Å². The van der Waals surface area contributed by atoms with Crippen LogP contribution in [0, 0.1) is 0 Å². The molecule has 0 fully saturated rings. The first-order chi connectivity index (χ1) is 8.90. The van der Waals surface area contributed by atoms with Gasteiger partial charge in [0, 0.05) is 24.1 Å². The molecule has 0 aliphatic carbocycles. The van der Waals surface area contributed by atoms with Crippen molar-refractivity contribution in [3.63, 3.8) is 0 Å². The summed E-state index contributed by atoms with van der Waals surface area (Å²) in [5, 5.41) is 1.05. The Labute approximate surface area is 118 Å². The van der Waals surface area contributed by atoms with Gasteiger partial charge in [-0.1, -0.05) is 64.5 Å². The highest BCUT2D eigenvalue weighted by atomic mass is 79.9. The van der Waals surface area contributed by atoms with Crippen molar-refractivity contribution in [3.8, 4) is 0 Å². The third-order valence-electron chi connectivity index (χ3n) is 2.90. The molecular formula is C16H18BrN. The Morgan fingerprint density at radius 2 is 1.44 bits per heavy atom. The average molecular weight is 304 g/mol. The van der Waals surface area contributed by atoms with E-state index in [1.54, 1.807) is 0 Å². The first-order valence-electron chi connectivity index (χ1n) is 6.30. The standard InChI is InChI=1S/C16H18BrN/c17-12-7-13-18(16-10-5-2-6-11-16)14-15-8-3-1-4-9-15/h1-6,8-11H,7,12-14H2. The van der Waals surface area contributed by atoms with Gasteiger partial charge in [-0.05, 0) is 24.1 Å². The zero-order valence-electron chi connectivity index (χ0n) is 10.4. The summed E-state index contributed by atoms with van der Waals surface area (Å²) in [5.41, 5.74) is 2.65. The molecular weight excluding hydrogens is 286 g/mol. The Hall–Kier alpha value is -1.28. The van der Waals surface area contributed by atoms with Crippen LogP contribution in [0.2, 0.25) is 0 Å². The second-order valence-corrected chi connectivity index (χ2v) is 5.08. The predicted octanol–water partition coefficient (Wildman–Crippen LogP) is 4.48. The van der Waals surface area contributed by atoms with Crippen LogP contribution < -0.4 is 4.90 Å². The van der Waals surface area contributed by atoms with E-state index in [1.807, 2.05) is 0 Å². The molecule has 0 aliphatic heterocycles. The van der Waals surface area contributed by atoms with Crippen molar-refractivity contribution in [3.05, 3.63) is 66.2 Å². The number of hydrogen-bond acceptors (Lipinski definition) is 1. The SMILES string of the molecule is BrCCCN(Cc1ccccc1)c1ccccc1. The highest BCUT2D eigenvalue weighted by Crippen LogP contribution is 2.17. The van der Waals surface area contributed by atoms with E-state index in [0.717, 1.165) is 24.8 Å². The van der Waals surface area contributed by atoms with Gasteiger partial charge in [-0.3, -0.25) is 0 Å². The van der Waals surface area contributed by atoms with Crippen LogP contribution in [0.4, 0.5) is 5.69 Å². The number of hydrogen-bond donors (Lipinski definition) is 0. The molecule has 0 aliphatic rings. The van der Waals surface area contributed by atoms with Gasteiger partial charge in [-0.15, -0.1) is 0 Å². The largest absolute Gasteiger partial charge is 0.367 e. The van der Waals surface area contributed by atoms with Crippen LogP contribution in [-0.2, 0) is 6.54 Å². The fourth-order valence-corrected chi connectivity index (χ4v) is 2.24. The zero-order chi connectivity index (χ0) is 12.6. The topological polar surface area (TPSA) is 3.24 Å². The van der Waals surface area contributed by atoms with Crippen LogP contribution in [0.1, 0.15) is 12.0 Å². The van der Waals surface area contributed by atoms with Crippen molar-refractivity contribution in [2.75, 3.05) is 16.8 Å². The van der Waals surface area contributed by atoms with Crippen molar-refractivity contribution in [1.29, 1.82) is 0 Å². The molecule has 2 heteroatoms. The smallest absolute Gasteiger partial charge is 0.0429 e. The molecule has 0 radical (unpaired) electrons. The highest BCUT2D eigenvalue weighted by molar-refractivity contribution is 9.09. The number of halogens is 1. The Morgan fingerprint density at radius 1 is 0.833 bits per heavy atom. The summed E-state index contributed by atoms with van der Waals surface area (Å²) in [4.78, 5) is 2.43. The monoisotopic (exact) mass is 303 g/mol. The third kappa shape index (κ3) is 3.88. The number of anilines is 1. The maximum atomic E-state index is 3.51. The maximum Gasteiger partial charge on any atom is 0.0429 e. The molecule has 0 N–H and O–H groups in total. The van der Waals surface area contributed by atoms with Gasteiger partial charge in [0.05, 0.1) is 0 Å². The highest BCUT2D eigenvalue weighted by Gasteiger charge is 2.06. The molecule has 1 nitrogen and oxygen atoms in total. The molecule has 18 heavy (non-hydrogen) atoms. The Kier molecular flexibility index (Phi) is 5.28. The quantitative estimate of drug-likeness (QED) is 0.711. The van der Waals surface area contributed by atoms with Gasteiger partial charge in [-0.25, -0.2) is 0 Å². The number of nitrogens with zero attached hydrogens (tertiary/aromatic N) is 1. The molecule has 2 aromatic rings. The third-order valence-corrected chi connectivity index (χ3v) is 3.46. The van der Waals surface area contributed by atoms with E-state index in [2.05, 4.69) is 81.5 Å². The lowest BCUT2D eigenvalue weighted by atomic mass is 10.2. The van der Waals surface area contributed by atoms with Crippen molar-refractivity contribution in [2.45, 2.75) is 13.0 Å². The molecule has 0 aromatic heterocycles. The van der Waals surface area contributed by atoms with Crippen LogP contribution >= 0.6 is 15.9 Å². The first-order valence-corrected chi connectivity index (χ1v) is 7.42. The number of rotatable bonds is 6. The van der Waals surface area contributed by atoms with Crippen molar-refractivity contribution < 1.29 is 0 Å². The molecule has 0 bridgehead atoms. The van der Waals surface area contributed by atoms with Crippen LogP contribution in [0.15, 0.2) is 60.7 Å². The van der Waals surface area contributed by atoms with Gasteiger partial charge in [0.25, 0.3) is 0 Å². The van der Waals surface area contributed by atoms with E-state index in [0.29, 0.717) is 0 Å². The summed E-state index contributed by atoms with van der Waals surface area (Å²) < 4.78 is 0. The first kappa shape index (κ1) is 13.2. The van der Waals surface area contributed by atoms with Crippen molar-refractivity contribution >= 4 is 21.6 Å². The zero-order valence-corrected chi connectivity index (χ0v) is 12.0. The molecule has 0 heterocycles. The number of alkyl halides is 1. The van der Waals surface area contributed by atoms with E-state index in [9.17, 15) is 0 Å². The Balaban J connectivity index is 2.10. The van der Waals surface area contributed by atoms with Gasteiger partial charge in [0.15, 0.2) is 0 Å². The maximum absolute atomic E-state index is 3.51. The summed E-state index contributed by atoms with van der Waals surface area (Å²) >= 11 is 3.51. The second kappa shape index (κ2) is 7.22. The summed E-state index contributed by atoms with van der Waals surface area (Å²) in [6, 6.07) is 21.3. The molecule has 2 rings (SSSR count). The second-order valence-electron chi connectivity index (χ2n) is 4.29. The summed E-state index contributed by atoms with van der Waals surface area (Å²) in [6.07, 6.45) is 1.15. The number of benzene rings is 2. The molecule has 94 valence electrons. The predicted molar refractivity (Wildman–Crippen MR) is 82.3 cm³/mol. The Morgan fingerprint density at radius 3 is 2.06 bits per heavy atom. The van der Waals surface area contributed by atoms with E-state index in [-0.39, 0.29) is 0 Å². The minimum Gasteiger partial charge on any atom is -0.367 e. The van der Waals surface area contributed by atoms with Crippen LogP contribution in [-0.4, -0.2) is 11.9 Å². The van der Waals surface area contributed by atoms with E-state index in [1.165, 1.54) is 11.3 Å². The summed E-state index contributed by atoms with van der Waals surface area (Å²) in [7, 11) is 0. The number of para-hydroxylation sites is 1. The van der Waals surface area contributed by atoms with Crippen molar-refractivity contribution in [1.82, 2.24) is 0 Å². The molecule has 0 atom stereocenters. The Bertz CT molecular complexity index is 441. The van der Waals surface area contributed by atoms with E-state index in [4.69, 9.17) is 0 Å².